The van der Waals surface area contributed by atoms with Crippen molar-refractivity contribution in [3.8, 4) is 5.75 Å². The molecule has 1 fully saturated rings. The van der Waals surface area contributed by atoms with Crippen LogP contribution in [-0.2, 0) is 22.6 Å². The molecule has 1 saturated heterocycles. The Morgan fingerprint density at radius 3 is 2.41 bits per heavy atom. The van der Waals surface area contributed by atoms with Gasteiger partial charge in [0.2, 0.25) is 5.91 Å². The summed E-state index contributed by atoms with van der Waals surface area (Å²) in [5, 5.41) is 5.47. The Hall–Kier alpha value is -3.35. The number of imide groups is 1. The summed E-state index contributed by atoms with van der Waals surface area (Å²) in [5.74, 6) is 0.000489. The van der Waals surface area contributed by atoms with Crippen LogP contribution in [0, 0.1) is 0 Å². The van der Waals surface area contributed by atoms with E-state index in [0.29, 0.717) is 19.4 Å². The second-order valence-electron chi connectivity index (χ2n) is 7.26. The maximum absolute atomic E-state index is 12.8. The largest absolute Gasteiger partial charge is 0.497 e. The van der Waals surface area contributed by atoms with Crippen LogP contribution in [0.3, 0.4) is 0 Å². The number of carbonyl (C=O) groups excluding carboxylic acids is 3. The number of carbonyl (C=O) groups is 3. The van der Waals surface area contributed by atoms with Gasteiger partial charge in [-0.05, 0) is 43.0 Å². The van der Waals surface area contributed by atoms with E-state index >= 15 is 0 Å². The normalized spacial score (nSPS) is 18.5. The number of urea groups is 1. The minimum Gasteiger partial charge on any atom is -0.497 e. The van der Waals surface area contributed by atoms with E-state index < -0.39 is 11.6 Å². The quantitative estimate of drug-likeness (QED) is 0.671. The molecule has 2 aromatic carbocycles. The first-order valence-corrected chi connectivity index (χ1v) is 9.49. The number of nitrogens with zero attached hydrogens (tertiary/aromatic N) is 1. The number of amides is 4. The summed E-state index contributed by atoms with van der Waals surface area (Å²) in [6.45, 7) is 1.74. The second kappa shape index (κ2) is 8.77. The van der Waals surface area contributed by atoms with Crippen molar-refractivity contribution in [1.82, 2.24) is 15.5 Å². The molecule has 4 amide bonds. The molecule has 29 heavy (non-hydrogen) atoms. The summed E-state index contributed by atoms with van der Waals surface area (Å²) in [4.78, 5) is 38.3. The van der Waals surface area contributed by atoms with E-state index in [1.54, 1.807) is 14.0 Å². The minimum atomic E-state index is -1.03. The lowest BCUT2D eigenvalue weighted by Gasteiger charge is -2.21. The standard InChI is InChI=1S/C22H25N3O4/c1-22(13-12-16-8-10-18(29-2)11-9-16)20(27)25(21(28)24-22)15-19(26)23-14-17-6-4-3-5-7-17/h3-11H,12-15H2,1-2H3,(H,23,26)(H,24,28). The highest BCUT2D eigenvalue weighted by Crippen LogP contribution is 2.24. The van der Waals surface area contributed by atoms with Gasteiger partial charge in [0.1, 0.15) is 17.8 Å². The van der Waals surface area contributed by atoms with Crippen LogP contribution in [0.4, 0.5) is 4.79 Å². The lowest BCUT2D eigenvalue weighted by atomic mass is 9.93. The number of nitrogens with one attached hydrogen (secondary N) is 2. The van der Waals surface area contributed by atoms with Crippen LogP contribution in [0.1, 0.15) is 24.5 Å². The Kier molecular flexibility index (Phi) is 6.16. The SMILES string of the molecule is COc1ccc(CCC2(C)NC(=O)N(CC(=O)NCc3ccccc3)C2=O)cc1. The zero-order chi connectivity index (χ0) is 20.9. The molecule has 1 atom stereocenters. The summed E-state index contributed by atoms with van der Waals surface area (Å²) < 4.78 is 5.14. The van der Waals surface area contributed by atoms with Gasteiger partial charge in [0.05, 0.1) is 7.11 Å². The molecule has 152 valence electrons. The van der Waals surface area contributed by atoms with Crippen molar-refractivity contribution in [2.24, 2.45) is 0 Å². The van der Waals surface area contributed by atoms with Gasteiger partial charge in [-0.2, -0.15) is 0 Å². The summed E-state index contributed by atoms with van der Waals surface area (Å²) in [6, 6.07) is 16.5. The van der Waals surface area contributed by atoms with Crippen molar-refractivity contribution < 1.29 is 19.1 Å². The first-order chi connectivity index (χ1) is 13.9. The Balaban J connectivity index is 1.55. The van der Waals surface area contributed by atoms with Crippen molar-refractivity contribution in [2.45, 2.75) is 31.8 Å². The van der Waals surface area contributed by atoms with Gasteiger partial charge in [-0.3, -0.25) is 14.5 Å². The van der Waals surface area contributed by atoms with E-state index in [4.69, 9.17) is 4.74 Å². The van der Waals surface area contributed by atoms with E-state index in [9.17, 15) is 14.4 Å². The van der Waals surface area contributed by atoms with Crippen LogP contribution in [0.15, 0.2) is 54.6 Å². The van der Waals surface area contributed by atoms with E-state index in [0.717, 1.165) is 21.8 Å². The fourth-order valence-corrected chi connectivity index (χ4v) is 3.24. The highest BCUT2D eigenvalue weighted by Gasteiger charge is 2.47. The van der Waals surface area contributed by atoms with E-state index in [2.05, 4.69) is 10.6 Å². The zero-order valence-corrected chi connectivity index (χ0v) is 16.6. The van der Waals surface area contributed by atoms with E-state index in [1.165, 1.54) is 0 Å². The molecule has 1 aliphatic heterocycles. The zero-order valence-electron chi connectivity index (χ0n) is 16.6. The molecule has 0 radical (unpaired) electrons. The summed E-state index contributed by atoms with van der Waals surface area (Å²) in [6.07, 6.45) is 1.05. The van der Waals surface area contributed by atoms with E-state index in [-0.39, 0.29) is 18.4 Å². The van der Waals surface area contributed by atoms with Gasteiger partial charge in [0, 0.05) is 6.54 Å². The monoisotopic (exact) mass is 395 g/mol. The summed E-state index contributed by atoms with van der Waals surface area (Å²) in [5.41, 5.74) is 0.951. The van der Waals surface area contributed by atoms with Gasteiger partial charge in [-0.1, -0.05) is 42.5 Å². The average molecular weight is 395 g/mol. The fraction of sp³-hybridized carbons (Fsp3) is 0.318. The summed E-state index contributed by atoms with van der Waals surface area (Å²) in [7, 11) is 1.60. The second-order valence-corrected chi connectivity index (χ2v) is 7.26. The van der Waals surface area contributed by atoms with Gasteiger partial charge in [-0.15, -0.1) is 0 Å². The highest BCUT2D eigenvalue weighted by molar-refractivity contribution is 6.08. The smallest absolute Gasteiger partial charge is 0.325 e. The molecular formula is C22H25N3O4. The third-order valence-corrected chi connectivity index (χ3v) is 5.05. The van der Waals surface area contributed by atoms with Crippen molar-refractivity contribution in [2.75, 3.05) is 13.7 Å². The molecule has 7 heteroatoms. The van der Waals surface area contributed by atoms with Gasteiger partial charge in [-0.25, -0.2) is 4.79 Å². The third-order valence-electron chi connectivity index (χ3n) is 5.05. The van der Waals surface area contributed by atoms with Gasteiger partial charge < -0.3 is 15.4 Å². The fourth-order valence-electron chi connectivity index (χ4n) is 3.24. The van der Waals surface area contributed by atoms with Crippen LogP contribution < -0.4 is 15.4 Å². The summed E-state index contributed by atoms with van der Waals surface area (Å²) >= 11 is 0. The molecule has 1 unspecified atom stereocenters. The van der Waals surface area contributed by atoms with Crippen LogP contribution in [0.5, 0.6) is 5.75 Å². The number of hydrogen-bond acceptors (Lipinski definition) is 4. The van der Waals surface area contributed by atoms with Crippen LogP contribution in [-0.4, -0.2) is 41.9 Å². The Bertz CT molecular complexity index is 883. The molecule has 0 saturated carbocycles. The average Bonchev–Trinajstić information content (AvgIpc) is 2.95. The first-order valence-electron chi connectivity index (χ1n) is 9.49. The molecule has 0 aromatic heterocycles. The molecule has 0 spiro atoms. The Labute approximate surface area is 170 Å². The third kappa shape index (κ3) is 4.93. The highest BCUT2D eigenvalue weighted by atomic mass is 16.5. The van der Waals surface area contributed by atoms with Gasteiger partial charge >= 0.3 is 6.03 Å². The van der Waals surface area contributed by atoms with Crippen molar-refractivity contribution in [1.29, 1.82) is 0 Å². The molecule has 0 bridgehead atoms. The molecule has 0 aliphatic carbocycles. The van der Waals surface area contributed by atoms with Crippen molar-refractivity contribution in [3.05, 3.63) is 65.7 Å². The molecule has 2 N–H and O–H groups in total. The molecular weight excluding hydrogens is 370 g/mol. The topological polar surface area (TPSA) is 87.7 Å². The van der Waals surface area contributed by atoms with Crippen molar-refractivity contribution >= 4 is 17.8 Å². The number of hydrogen-bond donors (Lipinski definition) is 2. The van der Waals surface area contributed by atoms with Gasteiger partial charge in [0.25, 0.3) is 5.91 Å². The van der Waals surface area contributed by atoms with E-state index in [1.807, 2.05) is 54.6 Å². The van der Waals surface area contributed by atoms with Crippen LogP contribution in [0.25, 0.3) is 0 Å². The van der Waals surface area contributed by atoms with Crippen molar-refractivity contribution in [3.63, 3.8) is 0 Å². The lowest BCUT2D eigenvalue weighted by Crippen LogP contribution is -2.45. The maximum Gasteiger partial charge on any atom is 0.325 e. The predicted octanol–water partition coefficient (Wildman–Crippen LogP) is 2.25. The molecule has 3 rings (SSSR count). The van der Waals surface area contributed by atoms with Gasteiger partial charge in [0.15, 0.2) is 0 Å². The number of rotatable bonds is 8. The van der Waals surface area contributed by atoms with Crippen LogP contribution >= 0.6 is 0 Å². The number of aryl methyl sites for hydroxylation is 1. The first kappa shape index (κ1) is 20.4. The number of benzene rings is 2. The van der Waals surface area contributed by atoms with Crippen LogP contribution in [0.2, 0.25) is 0 Å². The minimum absolute atomic E-state index is 0.296. The molecule has 2 aromatic rings. The molecule has 1 heterocycles. The molecule has 7 nitrogen and oxygen atoms in total. The Morgan fingerprint density at radius 1 is 1.07 bits per heavy atom. The predicted molar refractivity (Wildman–Crippen MR) is 108 cm³/mol. The maximum atomic E-state index is 12.8. The lowest BCUT2D eigenvalue weighted by molar-refractivity contribution is -0.134. The Morgan fingerprint density at radius 2 is 1.76 bits per heavy atom. The number of ether oxygens (including phenoxy) is 1. The molecule has 1 aliphatic rings. The number of methoxy groups -OCH3 is 1.